The van der Waals surface area contributed by atoms with Gasteiger partial charge in [0.25, 0.3) is 0 Å². The fraction of sp³-hybridized carbons (Fsp3) is 0.400. The Morgan fingerprint density at radius 1 is 1.29 bits per heavy atom. The molecule has 0 bridgehead atoms. The first kappa shape index (κ1) is 17.4. The minimum atomic E-state index is -3.24. The van der Waals surface area contributed by atoms with Crippen molar-refractivity contribution in [3.05, 3.63) is 34.4 Å². The molecule has 1 aliphatic rings. The van der Waals surface area contributed by atoms with E-state index in [0.717, 1.165) is 15.4 Å². The summed E-state index contributed by atoms with van der Waals surface area (Å²) in [5.74, 6) is -0.941. The molecule has 0 radical (unpaired) electrons. The maximum Gasteiger partial charge on any atom is 0.325 e. The first-order valence-electron chi connectivity index (χ1n) is 7.46. The number of aromatic nitrogens is 1. The lowest BCUT2D eigenvalue weighted by Crippen LogP contribution is -2.50. The van der Waals surface area contributed by atoms with Gasteiger partial charge in [-0.2, -0.15) is 4.31 Å². The third kappa shape index (κ3) is 3.34. The van der Waals surface area contributed by atoms with E-state index in [1.165, 1.54) is 10.6 Å². The molecule has 7 nitrogen and oxygen atoms in total. The summed E-state index contributed by atoms with van der Waals surface area (Å²) in [4.78, 5) is 16.8. The molecule has 3 rings (SSSR count). The molecule has 2 heterocycles. The van der Waals surface area contributed by atoms with Crippen LogP contribution in [0.4, 0.5) is 0 Å². The number of sulfonamides is 1. The molecule has 0 aliphatic carbocycles. The van der Waals surface area contributed by atoms with Gasteiger partial charge in [0.1, 0.15) is 6.04 Å². The van der Waals surface area contributed by atoms with E-state index in [1.807, 2.05) is 23.1 Å². The van der Waals surface area contributed by atoms with Crippen LogP contribution >= 0.6 is 15.9 Å². The number of nitrogens with zero attached hydrogens (tertiary/aromatic N) is 2. The SMILES string of the molecule is CS(=O)(=O)N1CCN([C@H](C(=O)O)c2c[nH]c3ccc(Br)cc23)CC1. The molecule has 2 aromatic rings. The molecular weight excluding hydrogens is 398 g/mol. The highest BCUT2D eigenvalue weighted by molar-refractivity contribution is 9.10. The number of piperazine rings is 1. The highest BCUT2D eigenvalue weighted by Crippen LogP contribution is 2.31. The molecule has 0 saturated carbocycles. The summed E-state index contributed by atoms with van der Waals surface area (Å²) in [6.07, 6.45) is 2.90. The minimum Gasteiger partial charge on any atom is -0.480 e. The Hall–Kier alpha value is -1.42. The van der Waals surface area contributed by atoms with Crippen molar-refractivity contribution in [2.75, 3.05) is 32.4 Å². The molecule has 0 amide bonds. The normalized spacial score (nSPS) is 18.8. The van der Waals surface area contributed by atoms with E-state index in [-0.39, 0.29) is 0 Å². The zero-order chi connectivity index (χ0) is 17.5. The number of fused-ring (bicyclic) bond motifs is 1. The Kier molecular flexibility index (Phi) is 4.69. The van der Waals surface area contributed by atoms with Crippen LogP contribution in [0.25, 0.3) is 10.9 Å². The van der Waals surface area contributed by atoms with Crippen LogP contribution in [0.15, 0.2) is 28.9 Å². The van der Waals surface area contributed by atoms with E-state index >= 15 is 0 Å². The number of aliphatic carboxylic acids is 1. The molecule has 1 fully saturated rings. The highest BCUT2D eigenvalue weighted by atomic mass is 79.9. The molecule has 1 aliphatic heterocycles. The number of carbonyl (C=O) groups is 1. The van der Waals surface area contributed by atoms with E-state index in [1.54, 1.807) is 6.20 Å². The summed E-state index contributed by atoms with van der Waals surface area (Å²) in [5.41, 5.74) is 1.56. The Morgan fingerprint density at radius 3 is 2.54 bits per heavy atom. The summed E-state index contributed by atoms with van der Waals surface area (Å²) >= 11 is 3.41. The van der Waals surface area contributed by atoms with Crippen LogP contribution in [0.2, 0.25) is 0 Å². The smallest absolute Gasteiger partial charge is 0.325 e. The molecule has 1 aromatic carbocycles. The van der Waals surface area contributed by atoms with E-state index < -0.39 is 22.0 Å². The van der Waals surface area contributed by atoms with Crippen molar-refractivity contribution < 1.29 is 18.3 Å². The average molecular weight is 416 g/mol. The van der Waals surface area contributed by atoms with Crippen LogP contribution < -0.4 is 0 Å². The van der Waals surface area contributed by atoms with Crippen molar-refractivity contribution in [1.82, 2.24) is 14.2 Å². The van der Waals surface area contributed by atoms with Crippen LogP contribution in [0.5, 0.6) is 0 Å². The van der Waals surface area contributed by atoms with Crippen molar-refractivity contribution in [3.63, 3.8) is 0 Å². The van der Waals surface area contributed by atoms with Gasteiger partial charge in [-0.1, -0.05) is 15.9 Å². The fourth-order valence-corrected chi connectivity index (χ4v) is 4.31. The molecule has 9 heteroatoms. The molecule has 1 aromatic heterocycles. The van der Waals surface area contributed by atoms with Gasteiger partial charge in [-0.05, 0) is 18.2 Å². The standard InChI is InChI=1S/C15H18BrN3O4S/c1-24(22,23)19-6-4-18(5-7-19)14(15(20)21)12-9-17-13-3-2-10(16)8-11(12)13/h2-3,8-9,14,17H,4-7H2,1H3,(H,20,21)/t14-/m0/s1. The van der Waals surface area contributed by atoms with Gasteiger partial charge in [0, 0.05) is 53.3 Å². The Bertz CT molecular complexity index is 872. The van der Waals surface area contributed by atoms with Gasteiger partial charge in [-0.25, -0.2) is 8.42 Å². The first-order chi connectivity index (χ1) is 11.3. The lowest BCUT2D eigenvalue weighted by Gasteiger charge is -2.36. The van der Waals surface area contributed by atoms with Crippen molar-refractivity contribution >= 4 is 42.8 Å². The third-order valence-corrected chi connectivity index (χ3v) is 6.11. The Morgan fingerprint density at radius 2 is 1.96 bits per heavy atom. The molecule has 0 spiro atoms. The lowest BCUT2D eigenvalue weighted by molar-refractivity contribution is -0.144. The number of halogens is 1. The van der Waals surface area contributed by atoms with Gasteiger partial charge in [-0.3, -0.25) is 9.69 Å². The monoisotopic (exact) mass is 415 g/mol. The Balaban J connectivity index is 1.91. The van der Waals surface area contributed by atoms with Gasteiger partial charge in [0.05, 0.1) is 6.26 Å². The number of carboxylic acids is 1. The molecule has 2 N–H and O–H groups in total. The predicted octanol–water partition coefficient (Wildman–Crippen LogP) is 1.63. The number of carboxylic acid groups (broad SMARTS) is 1. The summed E-state index contributed by atoms with van der Waals surface area (Å²) in [6, 6.07) is 4.87. The maximum atomic E-state index is 11.9. The number of aromatic amines is 1. The third-order valence-electron chi connectivity index (χ3n) is 4.31. The molecule has 130 valence electrons. The van der Waals surface area contributed by atoms with Crippen LogP contribution in [-0.4, -0.2) is 66.1 Å². The minimum absolute atomic E-state index is 0.300. The van der Waals surface area contributed by atoms with Crippen molar-refractivity contribution in [1.29, 1.82) is 0 Å². The summed E-state index contributed by atoms with van der Waals surface area (Å²) in [7, 11) is -3.24. The molecule has 1 saturated heterocycles. The number of hydrogen-bond acceptors (Lipinski definition) is 4. The van der Waals surface area contributed by atoms with Gasteiger partial charge >= 0.3 is 5.97 Å². The topological polar surface area (TPSA) is 93.7 Å². The van der Waals surface area contributed by atoms with Gasteiger partial charge in [0.15, 0.2) is 0 Å². The number of benzene rings is 1. The second-order valence-electron chi connectivity index (χ2n) is 5.87. The zero-order valence-electron chi connectivity index (χ0n) is 13.1. The van der Waals surface area contributed by atoms with Crippen molar-refractivity contribution in [2.45, 2.75) is 6.04 Å². The van der Waals surface area contributed by atoms with Gasteiger partial charge in [-0.15, -0.1) is 0 Å². The second kappa shape index (κ2) is 6.47. The summed E-state index contributed by atoms with van der Waals surface area (Å²) in [6.45, 7) is 1.36. The number of H-pyrrole nitrogens is 1. The number of hydrogen-bond donors (Lipinski definition) is 2. The summed E-state index contributed by atoms with van der Waals surface area (Å²) in [5, 5.41) is 10.6. The number of nitrogens with one attached hydrogen (secondary N) is 1. The predicted molar refractivity (Wildman–Crippen MR) is 94.4 cm³/mol. The van der Waals surface area contributed by atoms with Crippen molar-refractivity contribution in [2.24, 2.45) is 0 Å². The molecule has 24 heavy (non-hydrogen) atoms. The molecular formula is C15H18BrN3O4S. The largest absolute Gasteiger partial charge is 0.480 e. The summed E-state index contributed by atoms with van der Waals surface area (Å²) < 4.78 is 25.5. The van der Waals surface area contributed by atoms with Gasteiger partial charge < -0.3 is 10.1 Å². The van der Waals surface area contributed by atoms with Crippen LogP contribution in [0.3, 0.4) is 0 Å². The van der Waals surface area contributed by atoms with Crippen LogP contribution in [0.1, 0.15) is 11.6 Å². The number of rotatable bonds is 4. The Labute approximate surface area is 148 Å². The van der Waals surface area contributed by atoms with E-state index in [0.29, 0.717) is 31.7 Å². The van der Waals surface area contributed by atoms with E-state index in [2.05, 4.69) is 20.9 Å². The van der Waals surface area contributed by atoms with Crippen LogP contribution in [0, 0.1) is 0 Å². The molecule has 1 atom stereocenters. The van der Waals surface area contributed by atoms with Gasteiger partial charge in [0.2, 0.25) is 10.0 Å². The second-order valence-corrected chi connectivity index (χ2v) is 8.77. The average Bonchev–Trinajstić information content (AvgIpc) is 2.90. The van der Waals surface area contributed by atoms with Crippen LogP contribution in [-0.2, 0) is 14.8 Å². The van der Waals surface area contributed by atoms with E-state index in [9.17, 15) is 18.3 Å². The maximum absolute atomic E-state index is 11.9. The molecule has 0 unspecified atom stereocenters. The fourth-order valence-electron chi connectivity index (χ4n) is 3.12. The lowest BCUT2D eigenvalue weighted by atomic mass is 10.0. The highest BCUT2D eigenvalue weighted by Gasteiger charge is 2.33. The zero-order valence-corrected chi connectivity index (χ0v) is 15.5. The van der Waals surface area contributed by atoms with Crippen molar-refractivity contribution in [3.8, 4) is 0 Å². The quantitative estimate of drug-likeness (QED) is 0.791. The first-order valence-corrected chi connectivity index (χ1v) is 10.1. The van der Waals surface area contributed by atoms with E-state index in [4.69, 9.17) is 0 Å².